The van der Waals surface area contributed by atoms with Gasteiger partial charge in [-0.1, -0.05) is 42.5 Å². The lowest BCUT2D eigenvalue weighted by atomic mass is 10.1. The molecule has 0 radical (unpaired) electrons. The number of ether oxygens (including phenoxy) is 1. The van der Waals surface area contributed by atoms with E-state index in [2.05, 4.69) is 10.6 Å². The predicted octanol–water partition coefficient (Wildman–Crippen LogP) is 4.56. The Hall–Kier alpha value is -3.27. The summed E-state index contributed by atoms with van der Waals surface area (Å²) in [6.07, 6.45) is 0. The summed E-state index contributed by atoms with van der Waals surface area (Å²) < 4.78 is 5.13. The molecule has 0 saturated heterocycles. The third-order valence-electron chi connectivity index (χ3n) is 3.85. The number of para-hydroxylation sites is 1. The average Bonchev–Trinajstić information content (AvgIpc) is 2.68. The Morgan fingerprint density at radius 2 is 1.56 bits per heavy atom. The van der Waals surface area contributed by atoms with E-state index in [1.54, 1.807) is 7.11 Å². The molecule has 4 heteroatoms. The van der Waals surface area contributed by atoms with Crippen LogP contribution in [0.25, 0.3) is 0 Å². The van der Waals surface area contributed by atoms with E-state index >= 15 is 0 Å². The van der Waals surface area contributed by atoms with Gasteiger partial charge in [-0.15, -0.1) is 0 Å². The van der Waals surface area contributed by atoms with Crippen molar-refractivity contribution >= 4 is 17.3 Å². The average molecular weight is 332 g/mol. The van der Waals surface area contributed by atoms with Gasteiger partial charge in [-0.3, -0.25) is 4.79 Å². The number of rotatable bonds is 6. The molecule has 126 valence electrons. The summed E-state index contributed by atoms with van der Waals surface area (Å²) in [6.45, 7) is 0.660. The topological polar surface area (TPSA) is 50.4 Å². The maximum atomic E-state index is 12.6. The van der Waals surface area contributed by atoms with Crippen LogP contribution in [-0.4, -0.2) is 13.0 Å². The number of hydrogen-bond donors (Lipinski definition) is 2. The first kappa shape index (κ1) is 16.6. The van der Waals surface area contributed by atoms with Crippen molar-refractivity contribution in [2.75, 3.05) is 17.7 Å². The highest BCUT2D eigenvalue weighted by Gasteiger charge is 2.11. The van der Waals surface area contributed by atoms with E-state index in [-0.39, 0.29) is 5.91 Å². The van der Waals surface area contributed by atoms with E-state index in [4.69, 9.17) is 4.74 Å². The first-order chi connectivity index (χ1) is 12.3. The zero-order valence-electron chi connectivity index (χ0n) is 14.0. The fourth-order valence-corrected chi connectivity index (χ4v) is 2.50. The summed E-state index contributed by atoms with van der Waals surface area (Å²) in [5.74, 6) is 0.601. The zero-order chi connectivity index (χ0) is 17.5. The normalized spacial score (nSPS) is 10.1. The predicted molar refractivity (Wildman–Crippen MR) is 101 cm³/mol. The van der Waals surface area contributed by atoms with Crippen LogP contribution in [0.5, 0.6) is 5.75 Å². The Balaban J connectivity index is 1.71. The standard InChI is InChI=1S/C21H20N2O2/c1-25-18-13-11-17(12-14-18)23-21(24)19-9-5-6-10-20(19)22-15-16-7-3-2-4-8-16/h2-14,22H,15H2,1H3,(H,23,24). The maximum absolute atomic E-state index is 12.6. The number of methoxy groups -OCH3 is 1. The molecule has 1 amide bonds. The van der Waals surface area contributed by atoms with Gasteiger partial charge in [0.2, 0.25) is 0 Å². The Bertz CT molecular complexity index is 830. The Labute approximate surface area is 147 Å². The molecule has 2 N–H and O–H groups in total. The van der Waals surface area contributed by atoms with Gasteiger partial charge in [-0.2, -0.15) is 0 Å². The fraction of sp³-hybridized carbons (Fsp3) is 0.0952. The van der Waals surface area contributed by atoms with E-state index in [9.17, 15) is 4.79 Å². The molecule has 0 saturated carbocycles. The van der Waals surface area contributed by atoms with E-state index in [0.29, 0.717) is 12.1 Å². The molecule has 0 aliphatic carbocycles. The highest BCUT2D eigenvalue weighted by Crippen LogP contribution is 2.20. The van der Waals surface area contributed by atoms with E-state index in [1.807, 2.05) is 78.9 Å². The molecule has 3 aromatic carbocycles. The van der Waals surface area contributed by atoms with E-state index in [0.717, 1.165) is 22.7 Å². The summed E-state index contributed by atoms with van der Waals surface area (Å²) in [4.78, 5) is 12.6. The highest BCUT2D eigenvalue weighted by atomic mass is 16.5. The first-order valence-electron chi connectivity index (χ1n) is 8.08. The van der Waals surface area contributed by atoms with Gasteiger partial charge in [-0.05, 0) is 42.0 Å². The van der Waals surface area contributed by atoms with Crippen molar-refractivity contribution in [3.05, 3.63) is 90.0 Å². The van der Waals surface area contributed by atoms with Gasteiger partial charge in [0.25, 0.3) is 5.91 Å². The van der Waals surface area contributed by atoms with Crippen LogP contribution in [-0.2, 0) is 6.54 Å². The minimum atomic E-state index is -0.152. The number of carbonyl (C=O) groups excluding carboxylic acids is 1. The SMILES string of the molecule is COc1ccc(NC(=O)c2ccccc2NCc2ccccc2)cc1. The largest absolute Gasteiger partial charge is 0.497 e. The Kier molecular flexibility index (Phi) is 5.32. The molecular weight excluding hydrogens is 312 g/mol. The summed E-state index contributed by atoms with van der Waals surface area (Å²) in [6, 6.07) is 24.8. The van der Waals surface area contributed by atoms with Crippen LogP contribution in [0.15, 0.2) is 78.9 Å². The quantitative estimate of drug-likeness (QED) is 0.696. The van der Waals surface area contributed by atoms with Gasteiger partial charge in [0, 0.05) is 17.9 Å². The maximum Gasteiger partial charge on any atom is 0.257 e. The van der Waals surface area contributed by atoms with Crippen molar-refractivity contribution in [3.63, 3.8) is 0 Å². The van der Waals surface area contributed by atoms with Gasteiger partial charge in [0.1, 0.15) is 5.75 Å². The summed E-state index contributed by atoms with van der Waals surface area (Å²) in [5.41, 5.74) is 3.29. The van der Waals surface area contributed by atoms with Crippen LogP contribution >= 0.6 is 0 Å². The molecule has 3 rings (SSSR count). The second kappa shape index (κ2) is 8.02. The van der Waals surface area contributed by atoms with Crippen LogP contribution in [0.3, 0.4) is 0 Å². The van der Waals surface area contributed by atoms with Crippen LogP contribution < -0.4 is 15.4 Å². The molecule has 0 spiro atoms. The van der Waals surface area contributed by atoms with Crippen LogP contribution in [0.1, 0.15) is 15.9 Å². The molecule has 0 aliphatic heterocycles. The number of amides is 1. The number of hydrogen-bond acceptors (Lipinski definition) is 3. The molecule has 0 bridgehead atoms. The van der Waals surface area contributed by atoms with E-state index in [1.165, 1.54) is 0 Å². The van der Waals surface area contributed by atoms with Crippen LogP contribution in [0.4, 0.5) is 11.4 Å². The second-order valence-electron chi connectivity index (χ2n) is 5.57. The van der Waals surface area contributed by atoms with Crippen LogP contribution in [0.2, 0.25) is 0 Å². The molecule has 3 aromatic rings. The number of nitrogens with one attached hydrogen (secondary N) is 2. The Morgan fingerprint density at radius 1 is 0.880 bits per heavy atom. The first-order valence-corrected chi connectivity index (χ1v) is 8.08. The monoisotopic (exact) mass is 332 g/mol. The molecule has 25 heavy (non-hydrogen) atoms. The van der Waals surface area contributed by atoms with E-state index < -0.39 is 0 Å². The lowest BCUT2D eigenvalue weighted by molar-refractivity contribution is 0.102. The molecule has 0 aromatic heterocycles. The van der Waals surface area contributed by atoms with Crippen molar-refractivity contribution in [2.45, 2.75) is 6.54 Å². The number of benzene rings is 3. The molecule has 0 heterocycles. The van der Waals surface area contributed by atoms with Crippen molar-refractivity contribution in [3.8, 4) is 5.75 Å². The highest BCUT2D eigenvalue weighted by molar-refractivity contribution is 6.08. The lowest BCUT2D eigenvalue weighted by Crippen LogP contribution is -2.14. The lowest BCUT2D eigenvalue weighted by Gasteiger charge is -2.12. The van der Waals surface area contributed by atoms with Crippen molar-refractivity contribution in [1.29, 1.82) is 0 Å². The van der Waals surface area contributed by atoms with Gasteiger partial charge >= 0.3 is 0 Å². The molecule has 0 unspecified atom stereocenters. The number of anilines is 2. The van der Waals surface area contributed by atoms with Crippen LogP contribution in [0, 0.1) is 0 Å². The minimum absolute atomic E-state index is 0.152. The van der Waals surface area contributed by atoms with Gasteiger partial charge < -0.3 is 15.4 Å². The molecule has 0 aliphatic rings. The van der Waals surface area contributed by atoms with Crippen molar-refractivity contribution < 1.29 is 9.53 Å². The molecular formula is C21H20N2O2. The van der Waals surface area contributed by atoms with Gasteiger partial charge in [0.05, 0.1) is 12.7 Å². The third kappa shape index (κ3) is 4.38. The molecule has 4 nitrogen and oxygen atoms in total. The Morgan fingerprint density at radius 3 is 2.28 bits per heavy atom. The molecule has 0 atom stereocenters. The second-order valence-corrected chi connectivity index (χ2v) is 5.57. The van der Waals surface area contributed by atoms with Gasteiger partial charge in [0.15, 0.2) is 0 Å². The smallest absolute Gasteiger partial charge is 0.257 e. The summed E-state index contributed by atoms with van der Waals surface area (Å²) in [7, 11) is 1.61. The van der Waals surface area contributed by atoms with Crippen molar-refractivity contribution in [1.82, 2.24) is 0 Å². The zero-order valence-corrected chi connectivity index (χ0v) is 14.0. The summed E-state index contributed by atoms with van der Waals surface area (Å²) in [5, 5.41) is 6.25. The third-order valence-corrected chi connectivity index (χ3v) is 3.85. The summed E-state index contributed by atoms with van der Waals surface area (Å²) >= 11 is 0. The number of carbonyl (C=O) groups is 1. The van der Waals surface area contributed by atoms with Crippen molar-refractivity contribution in [2.24, 2.45) is 0 Å². The van der Waals surface area contributed by atoms with Gasteiger partial charge in [-0.25, -0.2) is 0 Å². The minimum Gasteiger partial charge on any atom is -0.497 e. The fourth-order valence-electron chi connectivity index (χ4n) is 2.50. The molecule has 0 fully saturated rings.